The molecular formula is C20H21NO4. The van der Waals surface area contributed by atoms with Crippen molar-refractivity contribution in [2.45, 2.75) is 24.5 Å². The summed E-state index contributed by atoms with van der Waals surface area (Å²) < 4.78 is 0. The van der Waals surface area contributed by atoms with E-state index in [0.717, 1.165) is 5.56 Å². The maximum Gasteiger partial charge on any atom is 0.321 e. The summed E-state index contributed by atoms with van der Waals surface area (Å²) in [6.07, 6.45) is 0.513. The summed E-state index contributed by atoms with van der Waals surface area (Å²) in [7, 11) is 0. The van der Waals surface area contributed by atoms with Crippen LogP contribution in [0.25, 0.3) is 0 Å². The van der Waals surface area contributed by atoms with E-state index in [0.29, 0.717) is 18.5 Å². The molecule has 3 N–H and O–H groups in total. The Bertz CT molecular complexity index is 747. The van der Waals surface area contributed by atoms with Gasteiger partial charge in [0.2, 0.25) is 0 Å². The summed E-state index contributed by atoms with van der Waals surface area (Å²) >= 11 is 0. The lowest BCUT2D eigenvalue weighted by Gasteiger charge is -2.31. The molecule has 0 amide bonds. The van der Waals surface area contributed by atoms with Crippen molar-refractivity contribution in [2.75, 3.05) is 6.54 Å². The highest BCUT2D eigenvalue weighted by Gasteiger charge is 2.47. The second kappa shape index (κ2) is 7.17. The number of nitrogens with one attached hydrogen (secondary N) is 1. The van der Waals surface area contributed by atoms with Crippen molar-refractivity contribution >= 4 is 11.8 Å². The van der Waals surface area contributed by atoms with Crippen LogP contribution < -0.4 is 5.32 Å². The van der Waals surface area contributed by atoms with Gasteiger partial charge < -0.3 is 15.5 Å². The van der Waals surface area contributed by atoms with Crippen LogP contribution in [0.2, 0.25) is 0 Å². The Hall–Kier alpha value is -2.50. The normalized spacial score (nSPS) is 22.3. The quantitative estimate of drug-likeness (QED) is 0.746. The van der Waals surface area contributed by atoms with Gasteiger partial charge in [-0.15, -0.1) is 0 Å². The van der Waals surface area contributed by atoms with Gasteiger partial charge in [0.05, 0.1) is 0 Å². The molecule has 25 heavy (non-hydrogen) atoms. The molecule has 5 heteroatoms. The Morgan fingerprint density at radius 2 is 1.64 bits per heavy atom. The minimum Gasteiger partial charge on any atom is -0.480 e. The molecule has 0 saturated carbocycles. The smallest absolute Gasteiger partial charge is 0.321 e. The third-order valence-electron chi connectivity index (χ3n) is 4.79. The summed E-state index contributed by atoms with van der Waals surface area (Å²) in [5.41, 5.74) is -0.451. The van der Waals surface area contributed by atoms with Gasteiger partial charge >= 0.3 is 5.97 Å². The summed E-state index contributed by atoms with van der Waals surface area (Å²) in [5, 5.41) is 23.6. The number of ketones is 1. The minimum atomic E-state index is -1.76. The molecule has 5 nitrogen and oxygen atoms in total. The van der Waals surface area contributed by atoms with Crippen molar-refractivity contribution < 1.29 is 19.8 Å². The number of aliphatic carboxylic acids is 1. The first kappa shape index (κ1) is 17.3. The molecule has 0 aromatic heterocycles. The van der Waals surface area contributed by atoms with Gasteiger partial charge in [0, 0.05) is 12.3 Å². The number of carboxylic acid groups (broad SMARTS) is 1. The van der Waals surface area contributed by atoms with Crippen molar-refractivity contribution in [3.8, 4) is 0 Å². The van der Waals surface area contributed by atoms with Crippen molar-refractivity contribution in [3.05, 3.63) is 71.8 Å². The Balaban J connectivity index is 1.99. The van der Waals surface area contributed by atoms with E-state index in [2.05, 4.69) is 5.32 Å². The summed E-state index contributed by atoms with van der Waals surface area (Å²) in [4.78, 5) is 24.7. The lowest BCUT2D eigenvalue weighted by molar-refractivity contribution is -0.149. The van der Waals surface area contributed by atoms with Crippen LogP contribution in [0.1, 0.15) is 17.5 Å². The van der Waals surface area contributed by atoms with Crippen LogP contribution in [0.15, 0.2) is 60.7 Å². The number of aliphatic hydroxyl groups is 1. The van der Waals surface area contributed by atoms with Crippen LogP contribution in [0.5, 0.6) is 0 Å². The van der Waals surface area contributed by atoms with Crippen molar-refractivity contribution in [1.82, 2.24) is 5.32 Å². The van der Waals surface area contributed by atoms with Gasteiger partial charge in [-0.05, 0) is 24.1 Å². The largest absolute Gasteiger partial charge is 0.480 e. The predicted octanol–water partition coefficient (Wildman–Crippen LogP) is 1.75. The Kier molecular flexibility index (Phi) is 4.97. The zero-order chi connectivity index (χ0) is 17.9. The highest BCUT2D eigenvalue weighted by atomic mass is 16.4. The van der Waals surface area contributed by atoms with E-state index in [9.17, 15) is 19.8 Å². The molecule has 130 valence electrons. The lowest BCUT2D eigenvalue weighted by Crippen LogP contribution is -2.48. The van der Waals surface area contributed by atoms with Gasteiger partial charge in [0.15, 0.2) is 11.4 Å². The van der Waals surface area contributed by atoms with Crippen LogP contribution >= 0.6 is 0 Å². The zero-order valence-electron chi connectivity index (χ0n) is 13.8. The third-order valence-corrected chi connectivity index (χ3v) is 4.79. The first-order valence-electron chi connectivity index (χ1n) is 8.35. The standard InChI is InChI=1S/C20H21NO4/c22-18(16-11-12-21-17(16)19(23)24)20(25,15-9-5-2-6-10-15)13-14-7-3-1-4-8-14/h1-10,16-17,21,25H,11-13H2,(H,23,24). The molecule has 2 aromatic carbocycles. The fourth-order valence-electron chi connectivity index (χ4n) is 3.49. The van der Waals surface area contributed by atoms with E-state index in [1.165, 1.54) is 0 Å². The Labute approximate surface area is 146 Å². The molecule has 3 unspecified atom stereocenters. The van der Waals surface area contributed by atoms with Crippen LogP contribution in [-0.4, -0.2) is 34.6 Å². The Morgan fingerprint density at radius 1 is 1.04 bits per heavy atom. The highest BCUT2D eigenvalue weighted by Crippen LogP contribution is 2.33. The van der Waals surface area contributed by atoms with Crippen LogP contribution in [0, 0.1) is 5.92 Å². The molecule has 1 aliphatic heterocycles. The number of carbonyl (C=O) groups excluding carboxylic acids is 1. The van der Waals surface area contributed by atoms with Crippen molar-refractivity contribution in [1.29, 1.82) is 0 Å². The van der Waals surface area contributed by atoms with Crippen LogP contribution in [-0.2, 0) is 21.6 Å². The van der Waals surface area contributed by atoms with Gasteiger partial charge in [-0.25, -0.2) is 0 Å². The maximum atomic E-state index is 13.2. The first-order chi connectivity index (χ1) is 12.0. The zero-order valence-corrected chi connectivity index (χ0v) is 13.8. The lowest BCUT2D eigenvalue weighted by atomic mass is 9.77. The number of carboxylic acids is 1. The van der Waals surface area contributed by atoms with E-state index >= 15 is 0 Å². The number of rotatable bonds is 6. The minimum absolute atomic E-state index is 0.111. The van der Waals surface area contributed by atoms with E-state index in [1.54, 1.807) is 24.3 Å². The van der Waals surface area contributed by atoms with Gasteiger partial charge in [-0.1, -0.05) is 60.7 Å². The Morgan fingerprint density at radius 3 is 2.24 bits per heavy atom. The summed E-state index contributed by atoms with van der Waals surface area (Å²) in [6.45, 7) is 0.448. The summed E-state index contributed by atoms with van der Waals surface area (Å²) in [5.74, 6) is -2.27. The van der Waals surface area contributed by atoms with E-state index in [-0.39, 0.29) is 6.42 Å². The second-order valence-corrected chi connectivity index (χ2v) is 6.42. The number of benzene rings is 2. The van der Waals surface area contributed by atoms with Gasteiger partial charge in [0.1, 0.15) is 6.04 Å². The predicted molar refractivity (Wildman–Crippen MR) is 93.0 cm³/mol. The molecule has 0 bridgehead atoms. The molecule has 1 saturated heterocycles. The molecule has 0 aliphatic carbocycles. The number of carbonyl (C=O) groups is 2. The SMILES string of the molecule is O=C(O)C1NCCC1C(=O)C(O)(Cc1ccccc1)c1ccccc1. The monoisotopic (exact) mass is 339 g/mol. The molecule has 1 aliphatic rings. The number of hydrogen-bond donors (Lipinski definition) is 3. The third kappa shape index (κ3) is 3.48. The summed E-state index contributed by atoms with van der Waals surface area (Å²) in [6, 6.07) is 17.1. The molecule has 3 rings (SSSR count). The van der Waals surface area contributed by atoms with Crippen LogP contribution in [0.3, 0.4) is 0 Å². The maximum absolute atomic E-state index is 13.2. The highest BCUT2D eigenvalue weighted by molar-refractivity contribution is 5.95. The molecular weight excluding hydrogens is 318 g/mol. The van der Waals surface area contributed by atoms with E-state index < -0.39 is 29.3 Å². The number of hydrogen-bond acceptors (Lipinski definition) is 4. The van der Waals surface area contributed by atoms with Gasteiger partial charge in [-0.3, -0.25) is 9.59 Å². The average molecular weight is 339 g/mol. The van der Waals surface area contributed by atoms with Crippen LogP contribution in [0.4, 0.5) is 0 Å². The molecule has 2 aromatic rings. The number of Topliss-reactive ketones (excluding diaryl/α,β-unsaturated/α-hetero) is 1. The second-order valence-electron chi connectivity index (χ2n) is 6.42. The van der Waals surface area contributed by atoms with E-state index in [1.807, 2.05) is 36.4 Å². The molecule has 0 spiro atoms. The average Bonchev–Trinajstić information content (AvgIpc) is 3.12. The van der Waals surface area contributed by atoms with Crippen molar-refractivity contribution in [2.24, 2.45) is 5.92 Å². The van der Waals surface area contributed by atoms with Gasteiger partial charge in [0.25, 0.3) is 0 Å². The van der Waals surface area contributed by atoms with Gasteiger partial charge in [-0.2, -0.15) is 0 Å². The van der Waals surface area contributed by atoms with E-state index in [4.69, 9.17) is 0 Å². The topological polar surface area (TPSA) is 86.6 Å². The molecule has 1 fully saturated rings. The molecule has 1 heterocycles. The fourth-order valence-corrected chi connectivity index (χ4v) is 3.49. The van der Waals surface area contributed by atoms with Crippen molar-refractivity contribution in [3.63, 3.8) is 0 Å². The molecule has 0 radical (unpaired) electrons. The first-order valence-corrected chi connectivity index (χ1v) is 8.35. The fraction of sp³-hybridized carbons (Fsp3) is 0.300. The molecule has 3 atom stereocenters.